The SMILES string of the molecule is O=C(NCCN1CCN(I)CC1)C1CC(NC(=S)Nc2cccc(OC(F)(F)F)c2)CCC1Oc1ccc(OC(F)(F)F)cc1. The number of hydrogen-bond donors (Lipinski definition) is 3. The molecule has 1 aliphatic heterocycles. The van der Waals surface area contributed by atoms with E-state index < -0.39 is 36.2 Å². The van der Waals surface area contributed by atoms with Crippen molar-refractivity contribution >= 4 is 51.8 Å². The van der Waals surface area contributed by atoms with Crippen LogP contribution in [-0.4, -0.2) is 83.2 Å². The summed E-state index contributed by atoms with van der Waals surface area (Å²) in [4.78, 5) is 15.7. The Labute approximate surface area is 275 Å². The van der Waals surface area contributed by atoms with E-state index >= 15 is 0 Å². The molecule has 1 saturated heterocycles. The number of benzene rings is 2. The molecule has 0 aromatic heterocycles. The summed E-state index contributed by atoms with van der Waals surface area (Å²) in [5, 5.41) is 9.12. The first kappa shape index (κ1) is 35.1. The number of nitrogens with zero attached hydrogens (tertiary/aromatic N) is 2. The van der Waals surface area contributed by atoms with Gasteiger partial charge >= 0.3 is 12.7 Å². The summed E-state index contributed by atoms with van der Waals surface area (Å²) in [6, 6.07) is 9.95. The molecule has 0 bridgehead atoms. The summed E-state index contributed by atoms with van der Waals surface area (Å²) < 4.78 is 91.6. The second-order valence-corrected chi connectivity index (χ2v) is 12.3. The number of alkyl halides is 6. The normalized spacial score (nSPS) is 21.4. The van der Waals surface area contributed by atoms with Crippen molar-refractivity contribution in [1.29, 1.82) is 0 Å². The molecule has 3 N–H and O–H groups in total. The largest absolute Gasteiger partial charge is 0.573 e. The molecule has 1 amide bonds. The lowest BCUT2D eigenvalue weighted by molar-refractivity contribution is -0.275. The maximum Gasteiger partial charge on any atom is 0.573 e. The zero-order valence-corrected chi connectivity index (χ0v) is 26.8. The Morgan fingerprint density at radius 2 is 1.56 bits per heavy atom. The molecule has 2 fully saturated rings. The average molecular weight is 776 g/mol. The Bertz CT molecular complexity index is 1280. The zero-order valence-electron chi connectivity index (χ0n) is 23.8. The van der Waals surface area contributed by atoms with Crippen LogP contribution in [0.15, 0.2) is 48.5 Å². The predicted molar refractivity (Wildman–Crippen MR) is 166 cm³/mol. The molecular formula is C28H32F6IN5O4S. The molecule has 4 rings (SSSR count). The van der Waals surface area contributed by atoms with E-state index in [4.69, 9.17) is 17.0 Å². The van der Waals surface area contributed by atoms with Gasteiger partial charge in [-0.3, -0.25) is 9.69 Å². The monoisotopic (exact) mass is 775 g/mol. The van der Waals surface area contributed by atoms with Crippen LogP contribution in [-0.2, 0) is 4.79 Å². The fourth-order valence-electron chi connectivity index (χ4n) is 5.12. The van der Waals surface area contributed by atoms with E-state index in [0.717, 1.165) is 44.4 Å². The number of rotatable bonds is 10. The molecule has 3 atom stereocenters. The van der Waals surface area contributed by atoms with E-state index in [1.807, 2.05) is 0 Å². The molecule has 3 unspecified atom stereocenters. The van der Waals surface area contributed by atoms with E-state index in [2.05, 4.69) is 56.3 Å². The number of hydrogen-bond acceptors (Lipinski definition) is 7. The Hall–Kier alpha value is -2.77. The molecule has 2 aliphatic rings. The smallest absolute Gasteiger partial charge is 0.490 e. The Balaban J connectivity index is 1.37. The van der Waals surface area contributed by atoms with Gasteiger partial charge in [-0.15, -0.1) is 26.3 Å². The molecule has 2 aromatic rings. The summed E-state index contributed by atoms with van der Waals surface area (Å²) in [5.74, 6) is -1.36. The third-order valence-electron chi connectivity index (χ3n) is 7.17. The number of ether oxygens (including phenoxy) is 3. The van der Waals surface area contributed by atoms with E-state index in [1.165, 1.54) is 30.3 Å². The lowest BCUT2D eigenvalue weighted by Gasteiger charge is -2.36. The van der Waals surface area contributed by atoms with Crippen molar-refractivity contribution in [3.8, 4) is 17.2 Å². The van der Waals surface area contributed by atoms with Crippen molar-refractivity contribution in [1.82, 2.24) is 18.6 Å². The van der Waals surface area contributed by atoms with Crippen molar-refractivity contribution in [2.45, 2.75) is 44.1 Å². The highest BCUT2D eigenvalue weighted by atomic mass is 127. The van der Waals surface area contributed by atoms with E-state index in [1.54, 1.807) is 0 Å². The van der Waals surface area contributed by atoms with Crippen molar-refractivity contribution in [3.63, 3.8) is 0 Å². The van der Waals surface area contributed by atoms with Gasteiger partial charge in [0.05, 0.1) is 5.92 Å². The van der Waals surface area contributed by atoms with Crippen molar-refractivity contribution in [3.05, 3.63) is 48.5 Å². The van der Waals surface area contributed by atoms with Crippen molar-refractivity contribution in [2.75, 3.05) is 44.6 Å². The number of carbonyl (C=O) groups excluding carboxylic acids is 1. The van der Waals surface area contributed by atoms with Crippen LogP contribution in [0.25, 0.3) is 0 Å². The number of carbonyl (C=O) groups is 1. The fraction of sp³-hybridized carbons (Fsp3) is 0.500. The molecule has 0 spiro atoms. The summed E-state index contributed by atoms with van der Waals surface area (Å²) in [6.07, 6.45) is -8.96. The van der Waals surface area contributed by atoms with Crippen molar-refractivity contribution in [2.24, 2.45) is 5.92 Å². The summed E-state index contributed by atoms with van der Waals surface area (Å²) in [5.41, 5.74) is 0.280. The minimum absolute atomic E-state index is 0.150. The van der Waals surface area contributed by atoms with Gasteiger partial charge in [-0.05, 0) is 67.9 Å². The molecule has 2 aromatic carbocycles. The fourth-order valence-corrected chi connectivity index (χ4v) is 5.84. The number of piperazine rings is 1. The van der Waals surface area contributed by atoms with Gasteiger partial charge in [0.25, 0.3) is 0 Å². The third-order valence-corrected chi connectivity index (χ3v) is 8.36. The molecule has 45 heavy (non-hydrogen) atoms. The third kappa shape index (κ3) is 12.2. The van der Waals surface area contributed by atoms with Gasteiger partial charge < -0.3 is 30.2 Å². The number of nitrogens with one attached hydrogen (secondary N) is 3. The molecular weight excluding hydrogens is 743 g/mol. The zero-order chi connectivity index (χ0) is 32.6. The van der Waals surface area contributed by atoms with Gasteiger partial charge in [-0.25, -0.2) is 3.11 Å². The van der Waals surface area contributed by atoms with Gasteiger partial charge in [-0.1, -0.05) is 6.07 Å². The van der Waals surface area contributed by atoms with Crippen molar-refractivity contribution < 1.29 is 45.3 Å². The number of anilines is 1. The topological polar surface area (TPSA) is 87.3 Å². The van der Waals surface area contributed by atoms with Crippen LogP contribution in [0.3, 0.4) is 0 Å². The molecule has 1 saturated carbocycles. The van der Waals surface area contributed by atoms with Gasteiger partial charge in [0.15, 0.2) is 5.11 Å². The van der Waals surface area contributed by atoms with E-state index in [9.17, 15) is 31.1 Å². The average Bonchev–Trinajstić information content (AvgIpc) is 2.94. The van der Waals surface area contributed by atoms with E-state index in [-0.39, 0.29) is 28.5 Å². The van der Waals surface area contributed by atoms with Gasteiger partial charge in [-0.2, -0.15) is 0 Å². The minimum atomic E-state index is -4.84. The van der Waals surface area contributed by atoms with Crippen LogP contribution < -0.4 is 30.2 Å². The van der Waals surface area contributed by atoms with Gasteiger partial charge in [0, 0.05) is 79.9 Å². The highest BCUT2D eigenvalue weighted by Crippen LogP contribution is 2.31. The van der Waals surface area contributed by atoms with Crippen LogP contribution in [0.2, 0.25) is 0 Å². The quantitative estimate of drug-likeness (QED) is 0.126. The summed E-state index contributed by atoms with van der Waals surface area (Å²) >= 11 is 7.67. The first-order chi connectivity index (χ1) is 21.2. The lowest BCUT2D eigenvalue weighted by atomic mass is 9.82. The Morgan fingerprint density at radius 3 is 2.22 bits per heavy atom. The molecule has 1 aliphatic carbocycles. The van der Waals surface area contributed by atoms with Crippen LogP contribution in [0.1, 0.15) is 19.3 Å². The number of thiocarbonyl (C=S) groups is 1. The molecule has 0 radical (unpaired) electrons. The van der Waals surface area contributed by atoms with Crippen LogP contribution in [0.5, 0.6) is 17.2 Å². The number of halogens is 7. The standard InChI is InChI=1S/C28H32F6IN5O4S/c29-27(30,31)43-21-7-5-20(6-8-21)42-24-9-4-19(17-23(24)25(41)36-10-11-39-12-14-40(35)15-13-39)38-26(45)37-18-2-1-3-22(16-18)44-28(32,33)34/h1-3,5-8,16,19,23-24H,4,9-15,17H2,(H,36,41)(H2,37,38,45). The highest BCUT2D eigenvalue weighted by molar-refractivity contribution is 14.1. The first-order valence-corrected chi connectivity index (χ1v) is 15.5. The second-order valence-electron chi connectivity index (χ2n) is 10.5. The lowest BCUT2D eigenvalue weighted by Crippen LogP contribution is -2.51. The van der Waals surface area contributed by atoms with Crippen LogP contribution in [0.4, 0.5) is 32.0 Å². The molecule has 9 nitrogen and oxygen atoms in total. The van der Waals surface area contributed by atoms with Crippen LogP contribution >= 0.6 is 35.1 Å². The summed E-state index contributed by atoms with van der Waals surface area (Å²) in [6.45, 7) is 4.76. The Morgan fingerprint density at radius 1 is 0.911 bits per heavy atom. The van der Waals surface area contributed by atoms with E-state index in [0.29, 0.717) is 32.4 Å². The summed E-state index contributed by atoms with van der Waals surface area (Å²) in [7, 11) is 0. The minimum Gasteiger partial charge on any atom is -0.490 e. The van der Waals surface area contributed by atoms with Gasteiger partial charge in [0.1, 0.15) is 23.4 Å². The molecule has 1 heterocycles. The van der Waals surface area contributed by atoms with Gasteiger partial charge in [0.2, 0.25) is 5.91 Å². The first-order valence-electron chi connectivity index (χ1n) is 14.1. The maximum atomic E-state index is 13.4. The highest BCUT2D eigenvalue weighted by Gasteiger charge is 2.37. The molecule has 248 valence electrons. The second kappa shape index (κ2) is 15.7. The molecule has 17 heteroatoms. The Kier molecular flexibility index (Phi) is 12.2. The maximum absolute atomic E-state index is 13.4. The predicted octanol–water partition coefficient (Wildman–Crippen LogP) is 5.47. The van der Waals surface area contributed by atoms with Crippen LogP contribution in [0, 0.1) is 5.92 Å². The number of amides is 1.